The minimum absolute atomic E-state index is 0.137. The Hall–Kier alpha value is -4.43. The van der Waals surface area contributed by atoms with Crippen molar-refractivity contribution in [3.8, 4) is 5.75 Å². The van der Waals surface area contributed by atoms with E-state index in [0.29, 0.717) is 11.6 Å². The molecular weight excluding hydrogens is 500 g/mol. The fourth-order valence-electron chi connectivity index (χ4n) is 6.03. The summed E-state index contributed by atoms with van der Waals surface area (Å²) >= 11 is 0. The molecule has 8 heteroatoms. The number of anilines is 2. The highest BCUT2D eigenvalue weighted by Gasteiger charge is 2.40. The Morgan fingerprint density at radius 1 is 1.00 bits per heavy atom. The maximum atomic E-state index is 12.7. The predicted octanol–water partition coefficient (Wildman–Crippen LogP) is 5.11. The van der Waals surface area contributed by atoms with E-state index in [2.05, 4.69) is 68.0 Å². The first-order valence-corrected chi connectivity index (χ1v) is 13.7. The molecule has 1 aliphatic heterocycles. The number of ether oxygens (including phenoxy) is 1. The molecular formula is C32H32N6O2. The summed E-state index contributed by atoms with van der Waals surface area (Å²) < 4.78 is 9.44. The number of hydrogen-bond acceptors (Lipinski definition) is 6. The first-order valence-electron chi connectivity index (χ1n) is 13.7. The number of imidazole rings is 1. The van der Waals surface area contributed by atoms with Crippen molar-refractivity contribution >= 4 is 11.6 Å². The summed E-state index contributed by atoms with van der Waals surface area (Å²) in [5.41, 5.74) is 5.28. The lowest BCUT2D eigenvalue weighted by molar-refractivity contribution is 0.117. The zero-order valence-electron chi connectivity index (χ0n) is 22.9. The molecule has 1 saturated carbocycles. The van der Waals surface area contributed by atoms with Gasteiger partial charge in [0.25, 0.3) is 0 Å². The average Bonchev–Trinajstić information content (AvgIpc) is 3.47. The molecule has 0 saturated heterocycles. The third-order valence-electron chi connectivity index (χ3n) is 8.30. The van der Waals surface area contributed by atoms with E-state index < -0.39 is 5.60 Å². The molecule has 0 bridgehead atoms. The van der Waals surface area contributed by atoms with Crippen LogP contribution in [0.4, 0.5) is 11.6 Å². The second-order valence-corrected chi connectivity index (χ2v) is 11.0. The van der Waals surface area contributed by atoms with Gasteiger partial charge in [-0.05, 0) is 66.6 Å². The first-order chi connectivity index (χ1) is 19.5. The van der Waals surface area contributed by atoms with Crippen LogP contribution >= 0.6 is 0 Å². The maximum Gasteiger partial charge on any atom is 0.232 e. The van der Waals surface area contributed by atoms with E-state index in [1.165, 1.54) is 18.4 Å². The Morgan fingerprint density at radius 3 is 2.50 bits per heavy atom. The minimum Gasteiger partial charge on any atom is -0.497 e. The molecule has 8 nitrogen and oxygen atoms in total. The van der Waals surface area contributed by atoms with Crippen molar-refractivity contribution in [1.29, 1.82) is 0 Å². The summed E-state index contributed by atoms with van der Waals surface area (Å²) in [6.45, 7) is 3.01. The van der Waals surface area contributed by atoms with E-state index in [0.717, 1.165) is 46.2 Å². The Balaban J connectivity index is 1.46. The third-order valence-corrected chi connectivity index (χ3v) is 8.30. The smallest absolute Gasteiger partial charge is 0.232 e. The van der Waals surface area contributed by atoms with Gasteiger partial charge in [-0.2, -0.15) is 0 Å². The van der Waals surface area contributed by atoms with Crippen molar-refractivity contribution in [2.24, 2.45) is 13.0 Å². The summed E-state index contributed by atoms with van der Waals surface area (Å²) in [6.07, 6.45) is 7.75. The van der Waals surface area contributed by atoms with Crippen LogP contribution in [0, 0.1) is 12.8 Å². The van der Waals surface area contributed by atoms with Crippen LogP contribution in [0.2, 0.25) is 0 Å². The zero-order valence-corrected chi connectivity index (χ0v) is 22.9. The van der Waals surface area contributed by atoms with Gasteiger partial charge in [-0.3, -0.25) is 4.57 Å². The van der Waals surface area contributed by atoms with Crippen LogP contribution in [0.5, 0.6) is 5.75 Å². The quantitative estimate of drug-likeness (QED) is 0.314. The molecule has 202 valence electrons. The summed E-state index contributed by atoms with van der Waals surface area (Å²) in [6, 6.07) is 22.4. The number of hydrogen-bond donors (Lipinski definition) is 1. The number of rotatable bonds is 7. The lowest BCUT2D eigenvalue weighted by Crippen LogP contribution is -2.34. The van der Waals surface area contributed by atoms with Crippen LogP contribution in [0.25, 0.3) is 0 Å². The first kappa shape index (κ1) is 24.6. The number of nitrogens with zero attached hydrogens (tertiary/aromatic N) is 6. The summed E-state index contributed by atoms with van der Waals surface area (Å²) in [7, 11) is 3.55. The molecule has 1 fully saturated rings. The molecule has 3 aromatic carbocycles. The molecule has 40 heavy (non-hydrogen) atoms. The van der Waals surface area contributed by atoms with Crippen LogP contribution in [0.15, 0.2) is 85.6 Å². The van der Waals surface area contributed by atoms with Crippen molar-refractivity contribution in [1.82, 2.24) is 24.3 Å². The Morgan fingerprint density at radius 2 is 1.80 bits per heavy atom. The number of aryl methyl sites for hydroxylation is 2. The van der Waals surface area contributed by atoms with Gasteiger partial charge in [0.05, 0.1) is 31.4 Å². The fourth-order valence-corrected chi connectivity index (χ4v) is 6.03. The van der Waals surface area contributed by atoms with Gasteiger partial charge in [0.2, 0.25) is 5.95 Å². The van der Waals surface area contributed by atoms with E-state index in [-0.39, 0.29) is 6.04 Å². The number of fused-ring (bicyclic) bond motifs is 2. The molecule has 2 unspecified atom stereocenters. The Bertz CT molecular complexity index is 1690. The Kier molecular flexibility index (Phi) is 5.75. The van der Waals surface area contributed by atoms with E-state index in [1.54, 1.807) is 19.6 Å². The van der Waals surface area contributed by atoms with Crippen LogP contribution in [-0.2, 0) is 12.6 Å². The number of aliphatic hydroxyl groups is 1. The maximum absolute atomic E-state index is 12.7. The molecule has 3 heterocycles. The van der Waals surface area contributed by atoms with Crippen molar-refractivity contribution in [3.05, 3.63) is 119 Å². The monoisotopic (exact) mass is 532 g/mol. The van der Waals surface area contributed by atoms with Gasteiger partial charge in [-0.1, -0.05) is 48.0 Å². The highest BCUT2D eigenvalue weighted by molar-refractivity contribution is 5.70. The molecule has 2 atom stereocenters. The lowest BCUT2D eigenvalue weighted by Gasteiger charge is -2.38. The minimum atomic E-state index is -1.45. The molecule has 0 radical (unpaired) electrons. The summed E-state index contributed by atoms with van der Waals surface area (Å²) in [5.74, 6) is 2.24. The fraction of sp³-hybridized carbons (Fsp3) is 0.281. The van der Waals surface area contributed by atoms with Crippen LogP contribution in [0.1, 0.15) is 52.4 Å². The highest BCUT2D eigenvalue weighted by Crippen LogP contribution is 2.47. The molecule has 5 aromatic rings. The van der Waals surface area contributed by atoms with Gasteiger partial charge >= 0.3 is 0 Å². The average molecular weight is 533 g/mol. The molecule has 2 aromatic heterocycles. The molecule has 1 N–H and O–H groups in total. The van der Waals surface area contributed by atoms with Gasteiger partial charge in [0.1, 0.15) is 12.1 Å². The van der Waals surface area contributed by atoms with Crippen LogP contribution < -0.4 is 9.64 Å². The second kappa shape index (κ2) is 9.34. The highest BCUT2D eigenvalue weighted by atomic mass is 16.5. The lowest BCUT2D eigenvalue weighted by atomic mass is 9.81. The third kappa shape index (κ3) is 3.90. The molecule has 7 rings (SSSR count). The van der Waals surface area contributed by atoms with Gasteiger partial charge < -0.3 is 19.3 Å². The number of aromatic nitrogens is 5. The van der Waals surface area contributed by atoms with Gasteiger partial charge in [0, 0.05) is 24.8 Å². The van der Waals surface area contributed by atoms with Gasteiger partial charge in [-0.15, -0.1) is 10.2 Å². The summed E-state index contributed by atoms with van der Waals surface area (Å²) in [4.78, 5) is 6.65. The number of benzene rings is 3. The SMILES string of the molecule is COc1ccc(C(O)(c2ccc3c(c2)C(c2cccc(C)c2)n2cnnc2N3CC2CC2)c2cncn2C)cc1. The number of methoxy groups -OCH3 is 1. The van der Waals surface area contributed by atoms with Gasteiger partial charge in [0.15, 0.2) is 5.60 Å². The van der Waals surface area contributed by atoms with E-state index in [4.69, 9.17) is 4.74 Å². The van der Waals surface area contributed by atoms with Crippen molar-refractivity contribution in [2.45, 2.75) is 31.4 Å². The second-order valence-electron chi connectivity index (χ2n) is 11.0. The van der Waals surface area contributed by atoms with Gasteiger partial charge in [-0.25, -0.2) is 4.98 Å². The van der Waals surface area contributed by atoms with E-state index in [9.17, 15) is 5.11 Å². The van der Waals surface area contributed by atoms with Crippen molar-refractivity contribution in [3.63, 3.8) is 0 Å². The normalized spacial score (nSPS) is 17.7. The van der Waals surface area contributed by atoms with Crippen molar-refractivity contribution in [2.75, 3.05) is 18.6 Å². The Labute approximate surface area is 233 Å². The molecule has 0 spiro atoms. The summed E-state index contributed by atoms with van der Waals surface area (Å²) in [5, 5.41) is 21.6. The standard InChI is InChI=1S/C32H32N6O2/c1-21-5-4-6-23(15-21)30-27-16-25(11-14-28(27)37(18-22-7-8-22)31-35-34-20-38(30)31)32(39,29-17-33-19-36(29)2)24-9-12-26(40-3)13-10-24/h4-6,9-17,19-20,22,30,39H,7-8,18H2,1-3H3. The van der Waals surface area contributed by atoms with Crippen molar-refractivity contribution < 1.29 is 9.84 Å². The molecule has 2 aliphatic rings. The van der Waals surface area contributed by atoms with E-state index in [1.807, 2.05) is 48.3 Å². The van der Waals surface area contributed by atoms with E-state index >= 15 is 0 Å². The van der Waals surface area contributed by atoms with Crippen LogP contribution in [-0.4, -0.2) is 43.1 Å². The zero-order chi connectivity index (χ0) is 27.4. The van der Waals surface area contributed by atoms with Crippen LogP contribution in [0.3, 0.4) is 0 Å². The predicted molar refractivity (Wildman–Crippen MR) is 153 cm³/mol. The topological polar surface area (TPSA) is 81.2 Å². The molecule has 0 amide bonds. The molecule has 1 aliphatic carbocycles. The largest absolute Gasteiger partial charge is 0.497 e.